The summed E-state index contributed by atoms with van der Waals surface area (Å²) in [6, 6.07) is -6.21. The first-order chi connectivity index (χ1) is 39.4. The quantitative estimate of drug-likeness (QED) is 0.0694. The molecule has 30 nitrogen and oxygen atoms in total. The molecule has 1 saturated carbocycles. The van der Waals surface area contributed by atoms with Crippen LogP contribution < -0.4 is 37.2 Å². The van der Waals surface area contributed by atoms with Gasteiger partial charge < -0.3 is 119 Å². The van der Waals surface area contributed by atoms with E-state index in [1.165, 1.54) is 0 Å². The van der Waals surface area contributed by atoms with E-state index in [4.69, 9.17) is 61.6 Å². The van der Waals surface area contributed by atoms with Gasteiger partial charge in [0, 0.05) is 19.1 Å². The number of amides is 6. The van der Waals surface area contributed by atoms with Crippen LogP contribution in [-0.2, 0) is 61.6 Å². The maximum absolute atomic E-state index is 14.1. The summed E-state index contributed by atoms with van der Waals surface area (Å²) in [6.07, 6.45) is -25.9. The van der Waals surface area contributed by atoms with Crippen LogP contribution in [0.15, 0.2) is 0 Å². The summed E-state index contributed by atoms with van der Waals surface area (Å²) in [5.41, 5.74) is -5.88. The van der Waals surface area contributed by atoms with E-state index in [-0.39, 0.29) is 13.0 Å². The molecular weight excluding hydrogens is 1140 g/mol. The highest BCUT2D eigenvalue weighted by Crippen LogP contribution is 2.41. The minimum atomic E-state index is -1.93. The Balaban J connectivity index is 1.62. The molecule has 4 aliphatic heterocycles. The molecule has 0 spiro atoms. The lowest BCUT2D eigenvalue weighted by atomic mass is 9.81. The van der Waals surface area contributed by atoms with Gasteiger partial charge in [-0.1, -0.05) is 6.92 Å². The van der Waals surface area contributed by atoms with Crippen LogP contribution in [0.1, 0.15) is 144 Å². The third-order valence-corrected chi connectivity index (χ3v) is 13.0. The van der Waals surface area contributed by atoms with Crippen molar-refractivity contribution in [1.29, 1.82) is 0 Å². The smallest absolute Gasteiger partial charge is 0.408 e. The van der Waals surface area contributed by atoms with Crippen LogP contribution in [0.4, 0.5) is 28.8 Å². The maximum atomic E-state index is 14.1. The van der Waals surface area contributed by atoms with Crippen molar-refractivity contribution in [2.24, 2.45) is 0 Å². The van der Waals surface area contributed by atoms with Crippen LogP contribution in [-0.4, -0.2) is 233 Å². The minimum absolute atomic E-state index is 0.0890. The zero-order valence-corrected chi connectivity index (χ0v) is 53.3. The average Bonchev–Trinajstić information content (AvgIpc) is 1.57. The molecule has 0 aromatic carbocycles. The highest BCUT2D eigenvalue weighted by Gasteiger charge is 2.61. The van der Waals surface area contributed by atoms with E-state index in [0.29, 0.717) is 13.0 Å². The van der Waals surface area contributed by atoms with Crippen LogP contribution in [0.25, 0.3) is 0 Å². The number of hydrogen-bond acceptors (Lipinski definition) is 24. The van der Waals surface area contributed by atoms with Gasteiger partial charge in [0.1, 0.15) is 113 Å². The number of ether oxygens (including phenoxy) is 13. The summed E-state index contributed by atoms with van der Waals surface area (Å²) in [6.45, 7) is 30.4. The lowest BCUT2D eigenvalue weighted by Crippen LogP contribution is -2.72. The number of carbonyl (C=O) groups is 6. The number of nitrogens with one attached hydrogen (secondary N) is 7. The molecule has 5 fully saturated rings. The molecule has 4 saturated heterocycles. The summed E-state index contributed by atoms with van der Waals surface area (Å²) in [5.74, 6) is 0. The molecule has 0 bridgehead atoms. The molecule has 0 aromatic rings. The molecule has 5 aliphatic rings. The highest BCUT2D eigenvalue weighted by molar-refractivity contribution is 5.70. The van der Waals surface area contributed by atoms with Gasteiger partial charge in [-0.3, -0.25) is 0 Å². The van der Waals surface area contributed by atoms with Gasteiger partial charge in [-0.2, -0.15) is 0 Å². The normalized spacial score (nSPS) is 33.2. The average molecular weight is 1240 g/mol. The number of rotatable bonds is 18. The van der Waals surface area contributed by atoms with Crippen LogP contribution >= 0.6 is 0 Å². The number of fused-ring (bicyclic) bond motifs is 1. The first kappa shape index (κ1) is 71.9. The van der Waals surface area contributed by atoms with Crippen LogP contribution in [0.5, 0.6) is 0 Å². The molecule has 6 amide bonds. The number of aliphatic hydroxyl groups excluding tert-OH is 4. The van der Waals surface area contributed by atoms with Gasteiger partial charge in [0.05, 0.1) is 18.7 Å². The molecule has 0 radical (unpaired) electrons. The Morgan fingerprint density at radius 1 is 0.419 bits per heavy atom. The molecule has 4 heterocycles. The van der Waals surface area contributed by atoms with Crippen molar-refractivity contribution in [2.45, 2.75) is 294 Å². The predicted molar refractivity (Wildman–Crippen MR) is 302 cm³/mol. The molecule has 5 rings (SSSR count). The maximum Gasteiger partial charge on any atom is 0.408 e. The fourth-order valence-electron chi connectivity index (χ4n) is 9.81. The van der Waals surface area contributed by atoms with Crippen LogP contribution in [0.2, 0.25) is 0 Å². The Labute approximate surface area is 503 Å². The third kappa shape index (κ3) is 22.3. The number of carbonyl (C=O) groups excluding carboxylic acids is 6. The molecule has 11 N–H and O–H groups in total. The summed E-state index contributed by atoms with van der Waals surface area (Å²) < 4.78 is 78.8. The molecule has 19 atom stereocenters. The third-order valence-electron chi connectivity index (χ3n) is 13.0. The summed E-state index contributed by atoms with van der Waals surface area (Å²) >= 11 is 0. The number of hydrogen-bond donors (Lipinski definition) is 11. The minimum Gasteiger partial charge on any atom is -0.444 e. The van der Waals surface area contributed by atoms with Crippen molar-refractivity contribution >= 4 is 36.6 Å². The molecule has 0 aromatic heterocycles. The first-order valence-electron chi connectivity index (χ1n) is 29.3. The van der Waals surface area contributed by atoms with E-state index in [0.717, 1.165) is 0 Å². The Morgan fingerprint density at radius 2 is 0.814 bits per heavy atom. The lowest BCUT2D eigenvalue weighted by molar-refractivity contribution is -0.304. The van der Waals surface area contributed by atoms with Gasteiger partial charge in [-0.25, -0.2) is 28.8 Å². The molecule has 86 heavy (non-hydrogen) atoms. The standard InChI is InChI=1S/C56H99N7O23/c1-20-21-57-26-22-27(60-47(70)83-53(8,9)10)37(78-42-32(62-49(72)85-55(14,15)16)35(66)34(65)28(74-42)23-58-45(68)81-51(2,3)4)40(31(26)61-48(71)84-54(11,12)13)80-44-36(67)38(30(25-64)76-44)79-43-33(63-50(73)86-56(17,18)19)41-39(77-41)29(75-43)24-59-46(69)82-52(5,6)7/h26-44,57,64-67H,20-25H2,1-19H3,(H,58,68)(H,59,69)(H,60,70)(H,61,71)(H,62,72)(H,63,73)/t26-,27-,28+,29-,30+,31+,32+,33+,34+,35+,36+,37+,38+,39-,40+,41+,42+,43+,44-/m0/s1. The van der Waals surface area contributed by atoms with Crippen molar-refractivity contribution in [3.8, 4) is 0 Å². The van der Waals surface area contributed by atoms with Crippen molar-refractivity contribution in [2.75, 3.05) is 26.2 Å². The Bertz CT molecular complexity index is 2280. The van der Waals surface area contributed by atoms with E-state index >= 15 is 0 Å². The summed E-state index contributed by atoms with van der Waals surface area (Å²) in [7, 11) is 0. The summed E-state index contributed by atoms with van der Waals surface area (Å²) in [5, 5.41) is 66.7. The predicted octanol–water partition coefficient (Wildman–Crippen LogP) is 2.55. The van der Waals surface area contributed by atoms with E-state index < -0.39 is 200 Å². The van der Waals surface area contributed by atoms with Crippen LogP contribution in [0, 0.1) is 0 Å². The largest absolute Gasteiger partial charge is 0.444 e. The molecular formula is C56H99N7O23. The fraction of sp³-hybridized carbons (Fsp3) is 0.893. The second-order valence-corrected chi connectivity index (χ2v) is 28.0. The SMILES string of the molecule is CCCN[C@H]1C[C@H](NC(=O)OC(C)(C)C)[C@@H](O[C@H]2O[C@H](CNC(=O)OC(C)(C)C)[C@@H](O)[C@H](O)[C@H]2NC(=O)OC(C)(C)C)[C@H](O[C@@H]2O[C@H](CO)[C@@H](O[C@H]3O[C@@H](CNC(=O)OC(C)(C)C)[C@@H]4O[C@@H]4[C@H]3NC(=O)OC(C)(C)C)[C@H]2O)[C@@H]1NC(=O)OC(C)(C)C. The van der Waals surface area contributed by atoms with Gasteiger partial charge in [0.2, 0.25) is 0 Å². The van der Waals surface area contributed by atoms with Crippen LogP contribution in [0.3, 0.4) is 0 Å². The Hall–Kier alpha value is -4.86. The van der Waals surface area contributed by atoms with E-state index in [9.17, 15) is 49.2 Å². The highest BCUT2D eigenvalue weighted by atomic mass is 16.8. The van der Waals surface area contributed by atoms with Crippen molar-refractivity contribution in [1.82, 2.24) is 37.2 Å². The van der Waals surface area contributed by atoms with Gasteiger partial charge >= 0.3 is 36.6 Å². The van der Waals surface area contributed by atoms with Gasteiger partial charge in [-0.05, 0) is 144 Å². The fourth-order valence-corrected chi connectivity index (χ4v) is 9.81. The van der Waals surface area contributed by atoms with E-state index in [1.54, 1.807) is 125 Å². The van der Waals surface area contributed by atoms with Crippen molar-refractivity contribution in [3.05, 3.63) is 0 Å². The number of aliphatic hydroxyl groups is 4. The Kier molecular flexibility index (Phi) is 24.0. The van der Waals surface area contributed by atoms with Crippen molar-refractivity contribution < 1.29 is 111 Å². The van der Waals surface area contributed by atoms with Gasteiger partial charge in [0.15, 0.2) is 18.9 Å². The second kappa shape index (κ2) is 28.7. The molecule has 30 heteroatoms. The molecule has 0 unspecified atom stereocenters. The van der Waals surface area contributed by atoms with E-state index in [2.05, 4.69) is 37.2 Å². The topological polar surface area (TPSA) is 391 Å². The van der Waals surface area contributed by atoms with Gasteiger partial charge in [0.25, 0.3) is 0 Å². The number of alkyl carbamates (subject to hydrolysis) is 6. The zero-order valence-electron chi connectivity index (χ0n) is 53.3. The van der Waals surface area contributed by atoms with Gasteiger partial charge in [-0.15, -0.1) is 0 Å². The summed E-state index contributed by atoms with van der Waals surface area (Å²) in [4.78, 5) is 80.9. The zero-order chi connectivity index (χ0) is 64.8. The lowest BCUT2D eigenvalue weighted by Gasteiger charge is -2.50. The first-order valence-corrected chi connectivity index (χ1v) is 29.3. The van der Waals surface area contributed by atoms with Crippen molar-refractivity contribution in [3.63, 3.8) is 0 Å². The monoisotopic (exact) mass is 1240 g/mol. The molecule has 1 aliphatic carbocycles. The Morgan fingerprint density at radius 3 is 1.29 bits per heavy atom. The second-order valence-electron chi connectivity index (χ2n) is 28.0. The number of epoxide rings is 1. The molecule has 496 valence electrons. The van der Waals surface area contributed by atoms with E-state index in [1.807, 2.05) is 6.92 Å².